The average Bonchev–Trinajstić information content (AvgIpc) is 2.45. The first-order chi connectivity index (χ1) is 5.83. The van der Waals surface area contributed by atoms with Crippen molar-refractivity contribution < 1.29 is 4.74 Å². The number of rotatable bonds is 5. The monoisotopic (exact) mass is 280 g/mol. The largest absolute Gasteiger partial charge is 0.382 e. The Labute approximate surface area is 86.2 Å². The van der Waals surface area contributed by atoms with Crippen LogP contribution in [0.4, 0.5) is 0 Å². The van der Waals surface area contributed by atoms with E-state index in [2.05, 4.69) is 27.7 Å². The summed E-state index contributed by atoms with van der Waals surface area (Å²) in [6.45, 7) is 4.59. The van der Waals surface area contributed by atoms with Crippen molar-refractivity contribution in [1.82, 2.24) is 9.78 Å². The molecule has 1 heterocycles. The van der Waals surface area contributed by atoms with Crippen LogP contribution in [0.25, 0.3) is 0 Å². The van der Waals surface area contributed by atoms with Crippen LogP contribution in [0.3, 0.4) is 0 Å². The second-order valence-electron chi connectivity index (χ2n) is 2.47. The van der Waals surface area contributed by atoms with Gasteiger partial charge in [-0.3, -0.25) is 4.68 Å². The molecule has 0 unspecified atom stereocenters. The van der Waals surface area contributed by atoms with E-state index in [0.717, 1.165) is 26.2 Å². The van der Waals surface area contributed by atoms with Gasteiger partial charge >= 0.3 is 0 Å². The minimum atomic E-state index is 0.802. The molecule has 12 heavy (non-hydrogen) atoms. The topological polar surface area (TPSA) is 27.1 Å². The predicted molar refractivity (Wildman–Crippen MR) is 56.1 cm³/mol. The normalized spacial score (nSPS) is 10.5. The van der Waals surface area contributed by atoms with E-state index in [-0.39, 0.29) is 0 Å². The van der Waals surface area contributed by atoms with Gasteiger partial charge in [-0.1, -0.05) is 0 Å². The molecule has 0 saturated heterocycles. The average molecular weight is 280 g/mol. The fourth-order valence-electron chi connectivity index (χ4n) is 0.934. The lowest BCUT2D eigenvalue weighted by Gasteiger charge is -2.00. The first-order valence-electron chi connectivity index (χ1n) is 4.08. The maximum absolute atomic E-state index is 5.22. The van der Waals surface area contributed by atoms with Crippen LogP contribution in [0.5, 0.6) is 0 Å². The van der Waals surface area contributed by atoms with E-state index in [1.54, 1.807) is 0 Å². The molecule has 0 aliphatic heterocycles. The van der Waals surface area contributed by atoms with E-state index in [4.69, 9.17) is 4.74 Å². The zero-order chi connectivity index (χ0) is 8.81. The highest BCUT2D eigenvalue weighted by Crippen LogP contribution is 2.01. The molecule has 0 saturated carbocycles. The molecular weight excluding hydrogens is 267 g/mol. The number of hydrogen-bond donors (Lipinski definition) is 0. The smallest absolute Gasteiger partial charge is 0.0623 e. The Kier molecular flexibility index (Phi) is 4.60. The number of ether oxygens (including phenoxy) is 1. The Morgan fingerprint density at radius 3 is 3.08 bits per heavy atom. The van der Waals surface area contributed by atoms with Crippen molar-refractivity contribution in [2.75, 3.05) is 13.2 Å². The highest BCUT2D eigenvalue weighted by Gasteiger charge is 1.93. The number of halogens is 1. The van der Waals surface area contributed by atoms with E-state index in [9.17, 15) is 0 Å². The third kappa shape index (κ3) is 3.53. The Balaban J connectivity index is 2.15. The van der Waals surface area contributed by atoms with Gasteiger partial charge in [0.15, 0.2) is 0 Å². The fraction of sp³-hybridized carbons (Fsp3) is 0.625. The van der Waals surface area contributed by atoms with Gasteiger partial charge in [-0.25, -0.2) is 0 Å². The summed E-state index contributed by atoms with van der Waals surface area (Å²) in [5, 5.41) is 4.17. The van der Waals surface area contributed by atoms with Crippen molar-refractivity contribution in [2.45, 2.75) is 19.9 Å². The maximum Gasteiger partial charge on any atom is 0.0623 e. The molecule has 1 aromatic heterocycles. The van der Waals surface area contributed by atoms with Crippen LogP contribution >= 0.6 is 22.6 Å². The number of hydrogen-bond acceptors (Lipinski definition) is 2. The molecular formula is C8H13IN2O. The van der Waals surface area contributed by atoms with Crippen molar-refractivity contribution in [1.29, 1.82) is 0 Å². The summed E-state index contributed by atoms with van der Waals surface area (Å²) in [6, 6.07) is 0. The van der Waals surface area contributed by atoms with Gasteiger partial charge in [0.2, 0.25) is 0 Å². The Morgan fingerprint density at radius 1 is 1.67 bits per heavy atom. The molecule has 0 atom stereocenters. The third-order valence-corrected chi connectivity index (χ3v) is 2.04. The van der Waals surface area contributed by atoms with Crippen LogP contribution < -0.4 is 0 Å². The number of aromatic nitrogens is 2. The van der Waals surface area contributed by atoms with Gasteiger partial charge < -0.3 is 4.74 Å². The van der Waals surface area contributed by atoms with Crippen molar-refractivity contribution in [3.8, 4) is 0 Å². The SMILES string of the molecule is CCOCCCn1cc(I)cn1. The van der Waals surface area contributed by atoms with Crippen LogP contribution in [-0.4, -0.2) is 23.0 Å². The van der Waals surface area contributed by atoms with Crippen LogP contribution in [0, 0.1) is 3.57 Å². The summed E-state index contributed by atoms with van der Waals surface area (Å²) in [6.07, 6.45) is 4.93. The van der Waals surface area contributed by atoms with E-state index in [1.807, 2.05) is 24.0 Å². The van der Waals surface area contributed by atoms with Crippen molar-refractivity contribution >= 4 is 22.6 Å². The lowest BCUT2D eigenvalue weighted by Crippen LogP contribution is -2.02. The van der Waals surface area contributed by atoms with E-state index >= 15 is 0 Å². The van der Waals surface area contributed by atoms with Crippen molar-refractivity contribution in [3.63, 3.8) is 0 Å². The molecule has 0 fully saturated rings. The summed E-state index contributed by atoms with van der Waals surface area (Å²) >= 11 is 2.25. The first-order valence-corrected chi connectivity index (χ1v) is 5.16. The van der Waals surface area contributed by atoms with Crippen molar-refractivity contribution in [2.24, 2.45) is 0 Å². The maximum atomic E-state index is 5.22. The molecule has 68 valence electrons. The fourth-order valence-corrected chi connectivity index (χ4v) is 1.38. The molecule has 1 aromatic rings. The molecule has 0 spiro atoms. The summed E-state index contributed by atoms with van der Waals surface area (Å²) in [5.41, 5.74) is 0. The molecule has 0 amide bonds. The van der Waals surface area contributed by atoms with Gasteiger partial charge in [-0.05, 0) is 35.9 Å². The third-order valence-electron chi connectivity index (χ3n) is 1.48. The van der Waals surface area contributed by atoms with Gasteiger partial charge in [-0.15, -0.1) is 0 Å². The Morgan fingerprint density at radius 2 is 2.50 bits per heavy atom. The summed E-state index contributed by atoms with van der Waals surface area (Å²) in [5.74, 6) is 0. The van der Waals surface area contributed by atoms with E-state index in [1.165, 1.54) is 3.57 Å². The molecule has 0 N–H and O–H groups in total. The van der Waals surface area contributed by atoms with Gasteiger partial charge in [-0.2, -0.15) is 5.10 Å². The van der Waals surface area contributed by atoms with Crippen LogP contribution in [0.2, 0.25) is 0 Å². The molecule has 0 bridgehead atoms. The Hall–Kier alpha value is -0.100. The van der Waals surface area contributed by atoms with Crippen molar-refractivity contribution in [3.05, 3.63) is 16.0 Å². The van der Waals surface area contributed by atoms with Gasteiger partial charge in [0, 0.05) is 26.0 Å². The second kappa shape index (κ2) is 5.53. The zero-order valence-electron chi connectivity index (χ0n) is 7.16. The van der Waals surface area contributed by atoms with Crippen LogP contribution in [0.1, 0.15) is 13.3 Å². The molecule has 0 radical (unpaired) electrons. The standard InChI is InChI=1S/C8H13IN2O/c1-2-12-5-3-4-11-7-8(9)6-10-11/h6-7H,2-5H2,1H3. The minimum Gasteiger partial charge on any atom is -0.382 e. The summed E-state index contributed by atoms with van der Waals surface area (Å²) < 4.78 is 8.35. The molecule has 4 heteroatoms. The highest BCUT2D eigenvalue weighted by molar-refractivity contribution is 14.1. The van der Waals surface area contributed by atoms with Gasteiger partial charge in [0.25, 0.3) is 0 Å². The lowest BCUT2D eigenvalue weighted by molar-refractivity contribution is 0.141. The molecule has 1 rings (SSSR count). The van der Waals surface area contributed by atoms with Crippen LogP contribution in [0.15, 0.2) is 12.4 Å². The summed E-state index contributed by atoms with van der Waals surface area (Å²) in [7, 11) is 0. The quantitative estimate of drug-likeness (QED) is 0.608. The molecule has 0 aliphatic carbocycles. The van der Waals surface area contributed by atoms with E-state index in [0.29, 0.717) is 0 Å². The first kappa shape index (κ1) is 9.98. The minimum absolute atomic E-state index is 0.802. The number of nitrogens with zero attached hydrogens (tertiary/aromatic N) is 2. The molecule has 0 aromatic carbocycles. The second-order valence-corrected chi connectivity index (χ2v) is 3.72. The molecule has 3 nitrogen and oxygen atoms in total. The van der Waals surface area contributed by atoms with Gasteiger partial charge in [0.05, 0.1) is 9.77 Å². The Bertz CT molecular complexity index is 225. The lowest BCUT2D eigenvalue weighted by atomic mass is 10.4. The predicted octanol–water partition coefficient (Wildman–Crippen LogP) is 1.91. The number of aryl methyl sites for hydroxylation is 1. The molecule has 0 aliphatic rings. The highest BCUT2D eigenvalue weighted by atomic mass is 127. The van der Waals surface area contributed by atoms with Crippen LogP contribution in [-0.2, 0) is 11.3 Å². The van der Waals surface area contributed by atoms with Gasteiger partial charge in [0.1, 0.15) is 0 Å². The van der Waals surface area contributed by atoms with E-state index < -0.39 is 0 Å². The summed E-state index contributed by atoms with van der Waals surface area (Å²) in [4.78, 5) is 0. The zero-order valence-corrected chi connectivity index (χ0v) is 9.32.